The van der Waals surface area contributed by atoms with Gasteiger partial charge in [0.1, 0.15) is 5.82 Å². The third kappa shape index (κ3) is 3.81. The van der Waals surface area contributed by atoms with Crippen LogP contribution in [0.1, 0.15) is 5.82 Å². The second-order valence-corrected chi connectivity index (χ2v) is 6.51. The highest BCUT2D eigenvalue weighted by atomic mass is 32.2. The Morgan fingerprint density at radius 1 is 1.26 bits per heavy atom. The summed E-state index contributed by atoms with van der Waals surface area (Å²) in [6, 6.07) is 7.82. The summed E-state index contributed by atoms with van der Waals surface area (Å²) in [5.74, 6) is 1.90. The fourth-order valence-corrected chi connectivity index (χ4v) is 2.56. The van der Waals surface area contributed by atoms with Gasteiger partial charge in [-0.2, -0.15) is 0 Å². The van der Waals surface area contributed by atoms with Crippen LogP contribution in [0, 0.1) is 0 Å². The number of hydrogen-bond donors (Lipinski definition) is 2. The molecule has 0 fully saturated rings. The summed E-state index contributed by atoms with van der Waals surface area (Å²) in [4.78, 5) is 13.3. The Hall–Kier alpha value is -2.54. The summed E-state index contributed by atoms with van der Waals surface area (Å²) < 4.78 is 11.2. The van der Waals surface area contributed by atoms with E-state index >= 15 is 0 Å². The summed E-state index contributed by atoms with van der Waals surface area (Å²) in [5.41, 5.74) is 1.63. The zero-order valence-corrected chi connectivity index (χ0v) is 13.5. The number of allylic oxidation sites excluding steroid dienone is 1. The largest absolute Gasteiger partial charge is 0.369 e. The van der Waals surface area contributed by atoms with Crippen molar-refractivity contribution in [3.8, 4) is 0 Å². The second-order valence-electron chi connectivity index (χ2n) is 4.96. The van der Waals surface area contributed by atoms with Crippen LogP contribution in [0.3, 0.4) is 0 Å². The molecule has 1 aromatic carbocycles. The maximum Gasteiger partial charge on any atom is 0.178 e. The standard InChI is InChI=1S/C16H17N5OS/c1-23(22)11-10-19-15-12-4-2-3-5-13(12)20-16(21-15)14-6-7-17-8-9-18-14/h2-9,18H,10-11H2,1H3,(H,19,20,21). The van der Waals surface area contributed by atoms with E-state index in [1.165, 1.54) is 0 Å². The molecule has 1 aliphatic rings. The van der Waals surface area contributed by atoms with Crippen molar-refractivity contribution in [1.29, 1.82) is 0 Å². The summed E-state index contributed by atoms with van der Waals surface area (Å²) >= 11 is 0. The van der Waals surface area contributed by atoms with E-state index in [0.29, 0.717) is 18.1 Å². The minimum Gasteiger partial charge on any atom is -0.369 e. The van der Waals surface area contributed by atoms with Crippen molar-refractivity contribution < 1.29 is 4.21 Å². The van der Waals surface area contributed by atoms with E-state index in [-0.39, 0.29) is 0 Å². The van der Waals surface area contributed by atoms with Crippen LogP contribution in [0.15, 0.2) is 47.7 Å². The molecule has 0 radical (unpaired) electrons. The van der Waals surface area contributed by atoms with Crippen molar-refractivity contribution in [3.63, 3.8) is 0 Å². The molecule has 0 amide bonds. The second kappa shape index (κ2) is 7.15. The molecular weight excluding hydrogens is 310 g/mol. The molecule has 0 saturated carbocycles. The van der Waals surface area contributed by atoms with Crippen molar-refractivity contribution in [2.45, 2.75) is 0 Å². The third-order valence-electron chi connectivity index (χ3n) is 3.25. The van der Waals surface area contributed by atoms with E-state index in [4.69, 9.17) is 0 Å². The topological polar surface area (TPSA) is 79.3 Å². The molecule has 6 nitrogen and oxygen atoms in total. The highest BCUT2D eigenvalue weighted by Gasteiger charge is 2.10. The number of hydrogen-bond acceptors (Lipinski definition) is 6. The van der Waals surface area contributed by atoms with Gasteiger partial charge in [-0.25, -0.2) is 9.97 Å². The molecule has 3 rings (SSSR count). The lowest BCUT2D eigenvalue weighted by Gasteiger charge is -2.11. The molecule has 0 aliphatic carbocycles. The van der Waals surface area contributed by atoms with Gasteiger partial charge in [0.05, 0.1) is 11.2 Å². The number of aliphatic imine (C=N–C) groups is 1. The van der Waals surface area contributed by atoms with E-state index in [2.05, 4.69) is 25.6 Å². The third-order valence-corrected chi connectivity index (χ3v) is 4.03. The number of fused-ring (bicyclic) bond motifs is 1. The van der Waals surface area contributed by atoms with E-state index in [1.54, 1.807) is 24.9 Å². The number of anilines is 1. The van der Waals surface area contributed by atoms with Crippen LogP contribution < -0.4 is 10.6 Å². The van der Waals surface area contributed by atoms with Crippen molar-refractivity contribution in [1.82, 2.24) is 15.3 Å². The number of benzene rings is 1. The Balaban J connectivity index is 1.99. The summed E-state index contributed by atoms with van der Waals surface area (Å²) in [7, 11) is -0.841. The summed E-state index contributed by atoms with van der Waals surface area (Å²) in [6.45, 7) is 0.595. The molecule has 1 aromatic heterocycles. The fourth-order valence-electron chi connectivity index (χ4n) is 2.17. The normalized spacial score (nSPS) is 14.9. The first-order valence-electron chi connectivity index (χ1n) is 7.20. The van der Waals surface area contributed by atoms with Gasteiger partial charge in [-0.05, 0) is 18.2 Å². The maximum atomic E-state index is 11.2. The van der Waals surface area contributed by atoms with Crippen LogP contribution in [0.25, 0.3) is 16.6 Å². The Morgan fingerprint density at radius 2 is 2.13 bits per heavy atom. The number of para-hydroxylation sites is 1. The first-order chi connectivity index (χ1) is 11.2. The van der Waals surface area contributed by atoms with Crippen LogP contribution in [0.4, 0.5) is 5.82 Å². The van der Waals surface area contributed by atoms with E-state index in [9.17, 15) is 4.21 Å². The highest BCUT2D eigenvalue weighted by Crippen LogP contribution is 2.22. The highest BCUT2D eigenvalue weighted by molar-refractivity contribution is 7.84. The zero-order chi connectivity index (χ0) is 16.1. The lowest BCUT2D eigenvalue weighted by molar-refractivity contribution is 0.687. The number of nitrogens with zero attached hydrogens (tertiary/aromatic N) is 3. The van der Waals surface area contributed by atoms with Gasteiger partial charge in [0.15, 0.2) is 5.82 Å². The SMILES string of the molecule is CS(=O)CCNc1nc(C2=CC=NC=CN2)nc2ccccc12. The molecule has 2 N–H and O–H groups in total. The lowest BCUT2D eigenvalue weighted by Crippen LogP contribution is -2.14. The van der Waals surface area contributed by atoms with Gasteiger partial charge in [0, 0.05) is 53.4 Å². The number of nitrogens with one attached hydrogen (secondary N) is 2. The van der Waals surface area contributed by atoms with Gasteiger partial charge >= 0.3 is 0 Å². The molecule has 1 atom stereocenters. The Kier molecular flexibility index (Phi) is 4.77. The Morgan fingerprint density at radius 3 is 3.00 bits per heavy atom. The Bertz CT molecular complexity index is 828. The number of aromatic nitrogens is 2. The van der Waals surface area contributed by atoms with Crippen LogP contribution in [-0.2, 0) is 10.8 Å². The van der Waals surface area contributed by atoms with Gasteiger partial charge in [-0.3, -0.25) is 9.20 Å². The molecule has 1 aliphatic heterocycles. The smallest absolute Gasteiger partial charge is 0.178 e. The van der Waals surface area contributed by atoms with Crippen molar-refractivity contribution in [2.75, 3.05) is 23.9 Å². The molecule has 0 bridgehead atoms. The molecular formula is C16H17N5OS. The first kappa shape index (κ1) is 15.4. The van der Waals surface area contributed by atoms with Gasteiger partial charge in [-0.1, -0.05) is 12.1 Å². The van der Waals surface area contributed by atoms with Gasteiger partial charge in [0.2, 0.25) is 0 Å². The first-order valence-corrected chi connectivity index (χ1v) is 8.93. The molecule has 7 heteroatoms. The molecule has 0 saturated heterocycles. The average Bonchev–Trinajstić information content (AvgIpc) is 2.83. The van der Waals surface area contributed by atoms with Gasteiger partial charge in [0.25, 0.3) is 0 Å². The molecule has 118 valence electrons. The fraction of sp³-hybridized carbons (Fsp3) is 0.188. The average molecular weight is 327 g/mol. The predicted molar refractivity (Wildman–Crippen MR) is 95.7 cm³/mol. The maximum absolute atomic E-state index is 11.2. The van der Waals surface area contributed by atoms with E-state index in [1.807, 2.05) is 30.3 Å². The van der Waals surface area contributed by atoms with E-state index in [0.717, 1.165) is 22.4 Å². The quantitative estimate of drug-likeness (QED) is 0.877. The van der Waals surface area contributed by atoms with E-state index < -0.39 is 10.8 Å². The summed E-state index contributed by atoms with van der Waals surface area (Å²) in [5, 5.41) is 7.32. The zero-order valence-electron chi connectivity index (χ0n) is 12.7. The molecule has 0 spiro atoms. The van der Waals surface area contributed by atoms with Gasteiger partial charge < -0.3 is 10.6 Å². The minimum absolute atomic E-state index is 0.573. The lowest BCUT2D eigenvalue weighted by atomic mass is 10.2. The monoisotopic (exact) mass is 327 g/mol. The molecule has 2 heterocycles. The summed E-state index contributed by atoms with van der Waals surface area (Å²) in [6.07, 6.45) is 8.62. The minimum atomic E-state index is -0.841. The van der Waals surface area contributed by atoms with Crippen molar-refractivity contribution in [2.24, 2.45) is 4.99 Å². The predicted octanol–water partition coefficient (Wildman–Crippen LogP) is 1.91. The Labute approximate surface area is 136 Å². The van der Waals surface area contributed by atoms with Crippen LogP contribution in [0.2, 0.25) is 0 Å². The molecule has 2 aromatic rings. The van der Waals surface area contributed by atoms with Gasteiger partial charge in [-0.15, -0.1) is 0 Å². The van der Waals surface area contributed by atoms with Crippen LogP contribution >= 0.6 is 0 Å². The van der Waals surface area contributed by atoms with Crippen LogP contribution in [0.5, 0.6) is 0 Å². The molecule has 23 heavy (non-hydrogen) atoms. The molecule has 1 unspecified atom stereocenters. The number of rotatable bonds is 5. The van der Waals surface area contributed by atoms with Crippen molar-refractivity contribution in [3.05, 3.63) is 48.6 Å². The van der Waals surface area contributed by atoms with Crippen LogP contribution in [-0.4, -0.2) is 38.9 Å². The van der Waals surface area contributed by atoms with Crippen molar-refractivity contribution >= 4 is 39.4 Å².